The average molecular weight is 276 g/mol. The number of nitrogens with zero attached hydrogens (tertiary/aromatic N) is 1. The highest BCUT2D eigenvalue weighted by Gasteiger charge is 2.19. The van der Waals surface area contributed by atoms with Crippen molar-refractivity contribution in [2.75, 3.05) is 11.9 Å². The van der Waals surface area contributed by atoms with Gasteiger partial charge in [-0.2, -0.15) is 0 Å². The van der Waals surface area contributed by atoms with Gasteiger partial charge in [0.1, 0.15) is 5.82 Å². The lowest BCUT2D eigenvalue weighted by Crippen LogP contribution is -2.19. The quantitative estimate of drug-likeness (QED) is 0.841. The van der Waals surface area contributed by atoms with Crippen molar-refractivity contribution in [2.24, 2.45) is 0 Å². The van der Waals surface area contributed by atoms with E-state index in [1.54, 1.807) is 0 Å². The van der Waals surface area contributed by atoms with E-state index in [1.165, 1.54) is 0 Å². The highest BCUT2D eigenvalue weighted by molar-refractivity contribution is 6.31. The van der Waals surface area contributed by atoms with Crippen molar-refractivity contribution in [1.29, 1.82) is 0 Å². The molecule has 1 aliphatic rings. The average Bonchev–Trinajstić information content (AvgIpc) is 2.57. The first-order chi connectivity index (χ1) is 9.19. The van der Waals surface area contributed by atoms with Gasteiger partial charge >= 0.3 is 0 Å². The number of fused-ring (bicyclic) bond motifs is 3. The molecule has 4 nitrogen and oxygen atoms in total. The molecule has 0 aliphatic carbocycles. The summed E-state index contributed by atoms with van der Waals surface area (Å²) in [6, 6.07) is 5.62. The monoisotopic (exact) mass is 275 g/mol. The molecule has 0 saturated carbocycles. The first-order valence-corrected chi connectivity index (χ1v) is 6.72. The molecule has 2 heterocycles. The topological polar surface area (TPSA) is 57.8 Å². The number of aromatic amines is 1. The number of anilines is 1. The summed E-state index contributed by atoms with van der Waals surface area (Å²) in [6.45, 7) is 2.68. The molecule has 2 N–H and O–H groups in total. The Balaban J connectivity index is 2.30. The lowest BCUT2D eigenvalue weighted by molar-refractivity contribution is 0.888. The number of nitrogens with one attached hydrogen (secondary N) is 2. The Morgan fingerprint density at radius 1 is 1.42 bits per heavy atom. The Kier molecular flexibility index (Phi) is 3.03. The number of hydrogen-bond acceptors (Lipinski definition) is 3. The van der Waals surface area contributed by atoms with Gasteiger partial charge in [0.05, 0.1) is 5.69 Å². The number of halogens is 1. The maximum atomic E-state index is 12.1. The SMILES string of the molecule is CCc1nc2c(c(=O)[nH]1)CCNc1cc(Cl)ccc1-2. The minimum atomic E-state index is -0.0357. The number of aryl methyl sites for hydroxylation is 1. The maximum Gasteiger partial charge on any atom is 0.254 e. The normalized spacial score (nSPS) is 13.2. The van der Waals surface area contributed by atoms with Crippen molar-refractivity contribution in [3.05, 3.63) is 45.0 Å². The molecule has 19 heavy (non-hydrogen) atoms. The van der Waals surface area contributed by atoms with Crippen molar-refractivity contribution >= 4 is 17.3 Å². The van der Waals surface area contributed by atoms with Crippen LogP contribution in [-0.4, -0.2) is 16.5 Å². The second-order valence-electron chi connectivity index (χ2n) is 4.56. The number of aromatic nitrogens is 2. The molecule has 0 fully saturated rings. The molecule has 1 aliphatic heterocycles. The summed E-state index contributed by atoms with van der Waals surface area (Å²) < 4.78 is 0. The fourth-order valence-electron chi connectivity index (χ4n) is 2.36. The third-order valence-electron chi connectivity index (χ3n) is 3.33. The van der Waals surface area contributed by atoms with Crippen molar-refractivity contribution in [3.63, 3.8) is 0 Å². The summed E-state index contributed by atoms with van der Waals surface area (Å²) in [7, 11) is 0. The van der Waals surface area contributed by atoms with Crippen LogP contribution in [0.5, 0.6) is 0 Å². The van der Waals surface area contributed by atoms with E-state index < -0.39 is 0 Å². The van der Waals surface area contributed by atoms with E-state index in [-0.39, 0.29) is 5.56 Å². The van der Waals surface area contributed by atoms with Crippen LogP contribution in [0, 0.1) is 0 Å². The van der Waals surface area contributed by atoms with Crippen molar-refractivity contribution in [1.82, 2.24) is 9.97 Å². The van der Waals surface area contributed by atoms with Gasteiger partial charge < -0.3 is 10.3 Å². The molecule has 0 unspecified atom stereocenters. The van der Waals surface area contributed by atoms with E-state index in [4.69, 9.17) is 11.6 Å². The van der Waals surface area contributed by atoms with Gasteiger partial charge in [0.2, 0.25) is 0 Å². The van der Waals surface area contributed by atoms with Gasteiger partial charge in [-0.3, -0.25) is 4.79 Å². The third-order valence-corrected chi connectivity index (χ3v) is 3.56. The van der Waals surface area contributed by atoms with Crippen molar-refractivity contribution < 1.29 is 0 Å². The summed E-state index contributed by atoms with van der Waals surface area (Å²) in [6.07, 6.45) is 1.37. The molecule has 1 aromatic carbocycles. The summed E-state index contributed by atoms with van der Waals surface area (Å²) in [5.74, 6) is 0.714. The van der Waals surface area contributed by atoms with Gasteiger partial charge in [-0.05, 0) is 24.6 Å². The van der Waals surface area contributed by atoms with Crippen LogP contribution < -0.4 is 10.9 Å². The van der Waals surface area contributed by atoms with Crippen LogP contribution in [0.25, 0.3) is 11.3 Å². The Bertz CT molecular complexity index is 694. The van der Waals surface area contributed by atoms with Gasteiger partial charge in [-0.25, -0.2) is 4.98 Å². The van der Waals surface area contributed by atoms with Crippen LogP contribution in [-0.2, 0) is 12.8 Å². The summed E-state index contributed by atoms with van der Waals surface area (Å²) in [5, 5.41) is 3.98. The van der Waals surface area contributed by atoms with Crippen LogP contribution in [0.2, 0.25) is 5.02 Å². The lowest BCUT2D eigenvalue weighted by atomic mass is 10.0. The molecule has 0 amide bonds. The minimum absolute atomic E-state index is 0.0357. The van der Waals surface area contributed by atoms with Crippen LogP contribution >= 0.6 is 11.6 Å². The standard InChI is InChI=1S/C14H14ClN3O/c1-2-12-17-13-9-4-3-8(15)7-11(9)16-6-5-10(13)14(19)18-12/h3-4,7,16H,2,5-6H2,1H3,(H,17,18,19). The molecule has 0 bridgehead atoms. The van der Waals surface area contributed by atoms with E-state index >= 15 is 0 Å². The number of rotatable bonds is 1. The first kappa shape index (κ1) is 12.2. The lowest BCUT2D eigenvalue weighted by Gasteiger charge is -2.09. The van der Waals surface area contributed by atoms with E-state index in [2.05, 4.69) is 15.3 Å². The predicted octanol–water partition coefficient (Wildman–Crippen LogP) is 2.62. The Labute approximate surface area is 115 Å². The Morgan fingerprint density at radius 3 is 3.05 bits per heavy atom. The number of benzene rings is 1. The van der Waals surface area contributed by atoms with Gasteiger partial charge in [0.15, 0.2) is 0 Å². The molecule has 1 aromatic heterocycles. The summed E-state index contributed by atoms with van der Waals surface area (Å²) >= 11 is 6.02. The first-order valence-electron chi connectivity index (χ1n) is 6.35. The largest absolute Gasteiger partial charge is 0.384 e. The summed E-state index contributed by atoms with van der Waals surface area (Å²) in [4.78, 5) is 19.5. The van der Waals surface area contributed by atoms with Crippen LogP contribution in [0.15, 0.2) is 23.0 Å². The van der Waals surface area contributed by atoms with E-state index in [0.29, 0.717) is 30.2 Å². The molecule has 98 valence electrons. The zero-order valence-electron chi connectivity index (χ0n) is 10.6. The van der Waals surface area contributed by atoms with E-state index in [9.17, 15) is 4.79 Å². The number of hydrogen-bond donors (Lipinski definition) is 2. The fraction of sp³-hybridized carbons (Fsp3) is 0.286. The van der Waals surface area contributed by atoms with Crippen LogP contribution in [0.1, 0.15) is 18.3 Å². The van der Waals surface area contributed by atoms with Gasteiger partial charge in [-0.15, -0.1) is 0 Å². The second kappa shape index (κ2) is 4.70. The van der Waals surface area contributed by atoms with Gasteiger partial charge in [-0.1, -0.05) is 18.5 Å². The fourth-order valence-corrected chi connectivity index (χ4v) is 2.53. The van der Waals surface area contributed by atoms with Gasteiger partial charge in [0, 0.05) is 34.8 Å². The molecular weight excluding hydrogens is 262 g/mol. The Hall–Kier alpha value is -1.81. The van der Waals surface area contributed by atoms with Crippen molar-refractivity contribution in [3.8, 4) is 11.3 Å². The Morgan fingerprint density at radius 2 is 2.26 bits per heavy atom. The third kappa shape index (κ3) is 2.12. The second-order valence-corrected chi connectivity index (χ2v) is 5.00. The van der Waals surface area contributed by atoms with Gasteiger partial charge in [0.25, 0.3) is 5.56 Å². The molecule has 5 heteroatoms. The highest BCUT2D eigenvalue weighted by Crippen LogP contribution is 2.32. The molecule has 0 saturated heterocycles. The molecular formula is C14H14ClN3O. The summed E-state index contributed by atoms with van der Waals surface area (Å²) in [5.41, 5.74) is 3.36. The minimum Gasteiger partial charge on any atom is -0.384 e. The highest BCUT2D eigenvalue weighted by atomic mass is 35.5. The zero-order valence-corrected chi connectivity index (χ0v) is 11.3. The van der Waals surface area contributed by atoms with Crippen molar-refractivity contribution in [2.45, 2.75) is 19.8 Å². The zero-order chi connectivity index (χ0) is 13.4. The maximum absolute atomic E-state index is 12.1. The van der Waals surface area contributed by atoms with Crippen LogP contribution in [0.3, 0.4) is 0 Å². The van der Waals surface area contributed by atoms with E-state index in [0.717, 1.165) is 22.5 Å². The smallest absolute Gasteiger partial charge is 0.254 e. The molecule has 2 aromatic rings. The van der Waals surface area contributed by atoms with E-state index in [1.807, 2.05) is 25.1 Å². The molecule has 0 atom stereocenters. The molecule has 0 spiro atoms. The molecule has 3 rings (SSSR count). The predicted molar refractivity (Wildman–Crippen MR) is 76.9 cm³/mol. The molecule has 0 radical (unpaired) electrons. The number of H-pyrrole nitrogens is 1. The van der Waals surface area contributed by atoms with Crippen LogP contribution in [0.4, 0.5) is 5.69 Å².